The zero-order valence-corrected chi connectivity index (χ0v) is 12.3. The average molecular weight is 301 g/mol. The largest absolute Gasteiger partial charge is 0.497 e. The second-order valence-electron chi connectivity index (χ2n) is 4.04. The van der Waals surface area contributed by atoms with E-state index in [9.17, 15) is 19.4 Å². The van der Waals surface area contributed by atoms with Gasteiger partial charge in [-0.25, -0.2) is 14.6 Å². The summed E-state index contributed by atoms with van der Waals surface area (Å²) in [5.41, 5.74) is -0.586. The van der Waals surface area contributed by atoms with Gasteiger partial charge < -0.3 is 9.47 Å². The van der Waals surface area contributed by atoms with E-state index in [1.165, 1.54) is 19.2 Å². The number of hydrogen-bond donors (Lipinski definition) is 2. The van der Waals surface area contributed by atoms with E-state index in [-0.39, 0.29) is 24.8 Å². The van der Waals surface area contributed by atoms with Crippen LogP contribution in [0.15, 0.2) is 24.3 Å². The van der Waals surface area contributed by atoms with Gasteiger partial charge in [0.1, 0.15) is 11.9 Å². The van der Waals surface area contributed by atoms with Gasteiger partial charge in [0.05, 0.1) is 25.7 Å². The fourth-order valence-corrected chi connectivity index (χ4v) is 2.78. The SMILES string of the molecule is CCOC(=O)CC[P+](O)(O)C(=O)c1ccc(OC)cc1. The number of hydrogen-bond acceptors (Lipinski definition) is 6. The Morgan fingerprint density at radius 3 is 2.30 bits per heavy atom. The van der Waals surface area contributed by atoms with Crippen LogP contribution >= 0.6 is 7.72 Å². The van der Waals surface area contributed by atoms with Crippen molar-refractivity contribution in [3.8, 4) is 5.75 Å². The summed E-state index contributed by atoms with van der Waals surface area (Å²) < 4.78 is 9.63. The molecule has 0 aliphatic carbocycles. The maximum Gasteiger partial charge on any atom is 0.356 e. The van der Waals surface area contributed by atoms with Crippen molar-refractivity contribution in [2.24, 2.45) is 0 Å². The second-order valence-corrected chi connectivity index (χ2v) is 6.36. The number of rotatable bonds is 7. The molecule has 0 unspecified atom stereocenters. The fraction of sp³-hybridized carbons (Fsp3) is 0.385. The molecular weight excluding hydrogens is 283 g/mol. The Morgan fingerprint density at radius 2 is 1.80 bits per heavy atom. The molecule has 1 aromatic carbocycles. The smallest absolute Gasteiger partial charge is 0.356 e. The Morgan fingerprint density at radius 1 is 1.20 bits per heavy atom. The Bertz CT molecular complexity index is 468. The van der Waals surface area contributed by atoms with Crippen molar-refractivity contribution in [3.05, 3.63) is 29.8 Å². The summed E-state index contributed by atoms with van der Waals surface area (Å²) >= 11 is 0. The van der Waals surface area contributed by atoms with E-state index in [1.54, 1.807) is 19.1 Å². The minimum Gasteiger partial charge on any atom is -0.497 e. The molecule has 0 saturated carbocycles. The molecule has 0 radical (unpaired) electrons. The molecule has 0 spiro atoms. The molecule has 0 fully saturated rings. The molecule has 7 heteroatoms. The predicted molar refractivity (Wildman–Crippen MR) is 74.8 cm³/mol. The quantitative estimate of drug-likeness (QED) is 0.587. The molecule has 110 valence electrons. The lowest BCUT2D eigenvalue weighted by Crippen LogP contribution is -2.14. The lowest BCUT2D eigenvalue weighted by molar-refractivity contribution is -0.142. The maximum atomic E-state index is 12.0. The molecule has 0 aromatic heterocycles. The third-order valence-corrected chi connectivity index (χ3v) is 4.35. The number of ether oxygens (including phenoxy) is 2. The molecule has 0 atom stereocenters. The zero-order chi connectivity index (χ0) is 15.2. The van der Waals surface area contributed by atoms with Crippen LogP contribution in [0.25, 0.3) is 0 Å². The summed E-state index contributed by atoms with van der Waals surface area (Å²) in [6.07, 6.45) is -0.507. The predicted octanol–water partition coefficient (Wildman–Crippen LogP) is 1.62. The van der Waals surface area contributed by atoms with Crippen molar-refractivity contribution in [1.29, 1.82) is 0 Å². The van der Waals surface area contributed by atoms with E-state index in [0.29, 0.717) is 5.75 Å². The summed E-state index contributed by atoms with van der Waals surface area (Å²) in [6, 6.07) is 6.01. The molecule has 6 nitrogen and oxygen atoms in total. The minimum absolute atomic E-state index is 0.174. The minimum atomic E-state index is -3.84. The van der Waals surface area contributed by atoms with Crippen LogP contribution in [0.1, 0.15) is 23.7 Å². The van der Waals surface area contributed by atoms with Crippen LogP contribution in [-0.4, -0.2) is 41.2 Å². The molecule has 0 heterocycles. The van der Waals surface area contributed by atoms with Gasteiger partial charge in [-0.05, 0) is 31.2 Å². The van der Waals surface area contributed by atoms with Crippen molar-refractivity contribution in [2.45, 2.75) is 13.3 Å². The van der Waals surface area contributed by atoms with Crippen LogP contribution < -0.4 is 4.74 Å². The van der Waals surface area contributed by atoms with Crippen molar-refractivity contribution in [3.63, 3.8) is 0 Å². The topological polar surface area (TPSA) is 93.1 Å². The summed E-state index contributed by atoms with van der Waals surface area (Å²) in [5.74, 6) is 0.00962. The Balaban J connectivity index is 2.69. The summed E-state index contributed by atoms with van der Waals surface area (Å²) in [4.78, 5) is 42.9. The summed E-state index contributed by atoms with van der Waals surface area (Å²) in [7, 11) is -2.35. The third-order valence-electron chi connectivity index (χ3n) is 2.60. The van der Waals surface area contributed by atoms with Gasteiger partial charge in [0.15, 0.2) is 0 Å². The number of methoxy groups -OCH3 is 1. The molecule has 1 rings (SSSR count). The second kappa shape index (κ2) is 7.33. The van der Waals surface area contributed by atoms with Crippen LogP contribution in [0.5, 0.6) is 5.75 Å². The van der Waals surface area contributed by atoms with Crippen molar-refractivity contribution >= 4 is 19.2 Å². The van der Waals surface area contributed by atoms with Gasteiger partial charge in [-0.2, -0.15) is 0 Å². The highest BCUT2D eigenvalue weighted by Crippen LogP contribution is 2.53. The average Bonchev–Trinajstić information content (AvgIpc) is 2.45. The normalized spacial score (nSPS) is 11.0. The highest BCUT2D eigenvalue weighted by molar-refractivity contribution is 7.81. The number of carbonyl (C=O) groups is 2. The van der Waals surface area contributed by atoms with E-state index in [1.807, 2.05) is 0 Å². The molecule has 0 aliphatic heterocycles. The van der Waals surface area contributed by atoms with Crippen LogP contribution in [0.2, 0.25) is 0 Å². The Hall–Kier alpha value is -1.49. The van der Waals surface area contributed by atoms with E-state index in [2.05, 4.69) is 4.74 Å². The van der Waals surface area contributed by atoms with Crippen LogP contribution in [-0.2, 0) is 9.53 Å². The molecule has 20 heavy (non-hydrogen) atoms. The van der Waals surface area contributed by atoms with Gasteiger partial charge in [-0.15, -0.1) is 0 Å². The van der Waals surface area contributed by atoms with Crippen molar-refractivity contribution in [2.75, 3.05) is 19.9 Å². The van der Waals surface area contributed by atoms with Gasteiger partial charge in [0.25, 0.3) is 0 Å². The molecule has 0 amide bonds. The van der Waals surface area contributed by atoms with Crippen LogP contribution in [0.4, 0.5) is 0 Å². The van der Waals surface area contributed by atoms with E-state index in [4.69, 9.17) is 4.74 Å². The third kappa shape index (κ3) is 4.56. The number of esters is 1. The monoisotopic (exact) mass is 301 g/mol. The van der Waals surface area contributed by atoms with Gasteiger partial charge in [0, 0.05) is 0 Å². The van der Waals surface area contributed by atoms with Crippen molar-refractivity contribution < 1.29 is 28.8 Å². The van der Waals surface area contributed by atoms with Gasteiger partial charge in [-0.3, -0.25) is 4.79 Å². The molecule has 0 bridgehead atoms. The Labute approximate surface area is 117 Å². The lowest BCUT2D eigenvalue weighted by Gasteiger charge is -2.10. The van der Waals surface area contributed by atoms with E-state index in [0.717, 1.165) is 0 Å². The summed E-state index contributed by atoms with van der Waals surface area (Å²) in [6.45, 7) is 1.87. The van der Waals surface area contributed by atoms with E-state index < -0.39 is 19.2 Å². The lowest BCUT2D eigenvalue weighted by atomic mass is 10.2. The zero-order valence-electron chi connectivity index (χ0n) is 11.4. The van der Waals surface area contributed by atoms with Crippen LogP contribution in [0.3, 0.4) is 0 Å². The first-order valence-corrected chi connectivity index (χ1v) is 7.96. The molecule has 2 N–H and O–H groups in total. The first-order chi connectivity index (χ1) is 9.40. The molecule has 1 aromatic rings. The standard InChI is InChI=1S/C13H18O6P/c1-3-19-12(14)8-9-20(16,17)13(15)10-4-6-11(18-2)7-5-10/h4-7,16-17H,3,8-9H2,1-2H3/q+1. The highest BCUT2D eigenvalue weighted by atomic mass is 31.2. The maximum absolute atomic E-state index is 12.0. The molecular formula is C13H18O6P+. The first kappa shape index (κ1) is 16.6. The molecule has 0 saturated heterocycles. The van der Waals surface area contributed by atoms with Crippen molar-refractivity contribution in [1.82, 2.24) is 0 Å². The Kier molecular flexibility index (Phi) is 6.07. The van der Waals surface area contributed by atoms with Gasteiger partial charge in [-0.1, -0.05) is 0 Å². The number of carbonyl (C=O) groups excluding carboxylic acids is 2. The van der Waals surface area contributed by atoms with E-state index >= 15 is 0 Å². The highest BCUT2D eigenvalue weighted by Gasteiger charge is 2.44. The van der Waals surface area contributed by atoms with Crippen LogP contribution in [0, 0.1) is 0 Å². The molecule has 0 aliphatic rings. The first-order valence-electron chi connectivity index (χ1n) is 6.09. The summed E-state index contributed by atoms with van der Waals surface area (Å²) in [5, 5.41) is 0. The van der Waals surface area contributed by atoms with Gasteiger partial charge in [0.2, 0.25) is 0 Å². The fourth-order valence-electron chi connectivity index (χ4n) is 1.52. The van der Waals surface area contributed by atoms with Gasteiger partial charge >= 0.3 is 19.2 Å². The number of benzene rings is 1.